The third kappa shape index (κ3) is 2.68. The second-order valence-electron chi connectivity index (χ2n) is 5.71. The van der Waals surface area contributed by atoms with E-state index in [1.54, 1.807) is 12.1 Å². The number of para-hydroxylation sites is 1. The predicted molar refractivity (Wildman–Crippen MR) is 96.0 cm³/mol. The Morgan fingerprint density at radius 1 is 0.958 bits per heavy atom. The number of hydrogen-bond donors (Lipinski definition) is 0. The van der Waals surface area contributed by atoms with Crippen LogP contribution in [0.25, 0.3) is 22.1 Å². The van der Waals surface area contributed by atoms with Gasteiger partial charge in [-0.25, -0.2) is 0 Å². The van der Waals surface area contributed by atoms with Crippen LogP contribution in [-0.4, -0.2) is 26.3 Å². The Morgan fingerprint density at radius 3 is 2.50 bits per heavy atom. The van der Waals surface area contributed by atoms with Crippen LogP contribution in [0.1, 0.15) is 0 Å². The van der Waals surface area contributed by atoms with Crippen LogP contribution < -0.4 is 10.3 Å². The van der Waals surface area contributed by atoms with Crippen LogP contribution in [0.2, 0.25) is 5.02 Å². The van der Waals surface area contributed by atoms with Crippen LogP contribution in [-0.2, 0) is 4.74 Å². The highest BCUT2D eigenvalue weighted by molar-refractivity contribution is 6.33. The second-order valence-corrected chi connectivity index (χ2v) is 6.12. The van der Waals surface area contributed by atoms with Gasteiger partial charge in [-0.05, 0) is 12.1 Å². The average Bonchev–Trinajstić information content (AvgIpc) is 2.63. The van der Waals surface area contributed by atoms with Crippen molar-refractivity contribution >= 4 is 28.5 Å². The second kappa shape index (κ2) is 6.30. The number of morpholine rings is 1. The number of ether oxygens (including phenoxy) is 1. The first-order valence-electron chi connectivity index (χ1n) is 7.88. The number of rotatable bonds is 2. The molecule has 0 aliphatic carbocycles. The standard InChI is InChI=1S/C19H16ClNO3/c20-16-7-2-1-4-13(16)14-5-3-6-15-17(22)12-18(24-19(14)15)21-8-10-23-11-9-21/h1-7,12H,8-11H2. The first-order valence-corrected chi connectivity index (χ1v) is 8.26. The summed E-state index contributed by atoms with van der Waals surface area (Å²) in [5.41, 5.74) is 2.20. The summed E-state index contributed by atoms with van der Waals surface area (Å²) in [6.45, 7) is 2.69. The fraction of sp³-hybridized carbons (Fsp3) is 0.211. The smallest absolute Gasteiger partial charge is 0.200 e. The van der Waals surface area contributed by atoms with Gasteiger partial charge in [-0.2, -0.15) is 0 Å². The first-order chi connectivity index (χ1) is 11.7. The minimum atomic E-state index is -0.0494. The van der Waals surface area contributed by atoms with Gasteiger partial charge in [-0.15, -0.1) is 0 Å². The maximum atomic E-state index is 12.6. The zero-order valence-corrected chi connectivity index (χ0v) is 13.8. The third-order valence-electron chi connectivity index (χ3n) is 4.23. The van der Waals surface area contributed by atoms with E-state index in [-0.39, 0.29) is 5.43 Å². The van der Waals surface area contributed by atoms with Crippen LogP contribution in [0.4, 0.5) is 5.88 Å². The molecule has 1 aliphatic rings. The summed E-state index contributed by atoms with van der Waals surface area (Å²) in [4.78, 5) is 14.6. The lowest BCUT2D eigenvalue weighted by molar-refractivity contribution is 0.121. The lowest BCUT2D eigenvalue weighted by atomic mass is 10.0. The van der Waals surface area contributed by atoms with Gasteiger partial charge in [0.2, 0.25) is 0 Å². The van der Waals surface area contributed by atoms with E-state index < -0.39 is 0 Å². The molecule has 3 aromatic rings. The molecular formula is C19H16ClNO3. The van der Waals surface area contributed by atoms with E-state index in [1.807, 2.05) is 41.3 Å². The molecule has 0 N–H and O–H groups in total. The molecule has 0 saturated carbocycles. The Bertz CT molecular complexity index is 945. The van der Waals surface area contributed by atoms with Gasteiger partial charge in [0, 0.05) is 35.3 Å². The number of fused-ring (bicyclic) bond motifs is 1. The number of nitrogens with zero attached hydrogens (tertiary/aromatic N) is 1. The zero-order chi connectivity index (χ0) is 16.5. The van der Waals surface area contributed by atoms with E-state index in [9.17, 15) is 4.79 Å². The Kier molecular flexibility index (Phi) is 4.00. The van der Waals surface area contributed by atoms with Gasteiger partial charge >= 0.3 is 0 Å². The van der Waals surface area contributed by atoms with Crippen molar-refractivity contribution in [2.24, 2.45) is 0 Å². The Labute approximate surface area is 144 Å². The van der Waals surface area contributed by atoms with Crippen molar-refractivity contribution in [3.05, 3.63) is 63.8 Å². The van der Waals surface area contributed by atoms with E-state index >= 15 is 0 Å². The molecule has 1 aliphatic heterocycles. The number of halogens is 1. The van der Waals surface area contributed by atoms with Crippen LogP contribution in [0.3, 0.4) is 0 Å². The summed E-state index contributed by atoms with van der Waals surface area (Å²) in [7, 11) is 0. The normalized spacial score (nSPS) is 15.0. The van der Waals surface area contributed by atoms with Crippen molar-refractivity contribution in [2.75, 3.05) is 31.2 Å². The van der Waals surface area contributed by atoms with Crippen molar-refractivity contribution in [1.29, 1.82) is 0 Å². The van der Waals surface area contributed by atoms with E-state index in [0.717, 1.165) is 11.1 Å². The molecule has 5 heteroatoms. The molecule has 1 fully saturated rings. The fourth-order valence-electron chi connectivity index (χ4n) is 3.00. The van der Waals surface area contributed by atoms with Gasteiger partial charge in [0.05, 0.1) is 18.6 Å². The zero-order valence-electron chi connectivity index (χ0n) is 13.0. The molecule has 0 radical (unpaired) electrons. The fourth-order valence-corrected chi connectivity index (χ4v) is 3.23. The van der Waals surface area contributed by atoms with Gasteiger partial charge in [-0.3, -0.25) is 4.79 Å². The summed E-state index contributed by atoms with van der Waals surface area (Å²) in [5, 5.41) is 1.19. The molecule has 0 spiro atoms. The molecule has 24 heavy (non-hydrogen) atoms. The minimum Gasteiger partial charge on any atom is -0.440 e. The number of hydrogen-bond acceptors (Lipinski definition) is 4. The molecule has 2 aromatic carbocycles. The van der Waals surface area contributed by atoms with E-state index in [1.165, 1.54) is 0 Å². The Hall–Kier alpha value is -2.30. The van der Waals surface area contributed by atoms with E-state index in [0.29, 0.717) is 48.2 Å². The average molecular weight is 342 g/mol. The number of benzene rings is 2. The van der Waals surface area contributed by atoms with E-state index in [2.05, 4.69) is 0 Å². The van der Waals surface area contributed by atoms with Gasteiger partial charge in [-0.1, -0.05) is 41.9 Å². The number of anilines is 1. The quantitative estimate of drug-likeness (QED) is 0.708. The Balaban J connectivity index is 1.93. The molecule has 4 nitrogen and oxygen atoms in total. The lowest BCUT2D eigenvalue weighted by Crippen LogP contribution is -2.36. The maximum absolute atomic E-state index is 12.6. The highest BCUT2D eigenvalue weighted by atomic mass is 35.5. The topological polar surface area (TPSA) is 42.7 Å². The Morgan fingerprint density at radius 2 is 1.71 bits per heavy atom. The molecule has 2 heterocycles. The van der Waals surface area contributed by atoms with Crippen molar-refractivity contribution in [2.45, 2.75) is 0 Å². The first kappa shape index (κ1) is 15.2. The largest absolute Gasteiger partial charge is 0.440 e. The predicted octanol–water partition coefficient (Wildman–Crippen LogP) is 3.95. The van der Waals surface area contributed by atoms with Crippen molar-refractivity contribution < 1.29 is 9.15 Å². The molecule has 1 saturated heterocycles. The molecule has 122 valence electrons. The maximum Gasteiger partial charge on any atom is 0.200 e. The third-order valence-corrected chi connectivity index (χ3v) is 4.56. The van der Waals surface area contributed by atoms with Gasteiger partial charge in [0.25, 0.3) is 0 Å². The van der Waals surface area contributed by atoms with E-state index in [4.69, 9.17) is 20.8 Å². The summed E-state index contributed by atoms with van der Waals surface area (Å²) < 4.78 is 11.5. The van der Waals surface area contributed by atoms with Crippen molar-refractivity contribution in [3.8, 4) is 11.1 Å². The van der Waals surface area contributed by atoms with Crippen molar-refractivity contribution in [3.63, 3.8) is 0 Å². The summed E-state index contributed by atoms with van der Waals surface area (Å²) in [5.74, 6) is 0.579. The molecule has 0 bridgehead atoms. The molecular weight excluding hydrogens is 326 g/mol. The highest BCUT2D eigenvalue weighted by Crippen LogP contribution is 2.34. The molecule has 0 unspecified atom stereocenters. The molecule has 0 atom stereocenters. The van der Waals surface area contributed by atoms with Crippen LogP contribution in [0, 0.1) is 0 Å². The summed E-state index contributed by atoms with van der Waals surface area (Å²) in [6, 6.07) is 14.7. The van der Waals surface area contributed by atoms with Gasteiger partial charge < -0.3 is 14.1 Å². The monoisotopic (exact) mass is 341 g/mol. The van der Waals surface area contributed by atoms with Crippen molar-refractivity contribution in [1.82, 2.24) is 0 Å². The molecule has 0 amide bonds. The van der Waals surface area contributed by atoms with Crippen LogP contribution >= 0.6 is 11.6 Å². The van der Waals surface area contributed by atoms with Gasteiger partial charge in [0.1, 0.15) is 5.58 Å². The van der Waals surface area contributed by atoms with Crippen LogP contribution in [0.5, 0.6) is 0 Å². The molecule has 4 rings (SSSR count). The van der Waals surface area contributed by atoms with Gasteiger partial charge in [0.15, 0.2) is 11.3 Å². The minimum absolute atomic E-state index is 0.0494. The summed E-state index contributed by atoms with van der Waals surface area (Å²) in [6.07, 6.45) is 0. The van der Waals surface area contributed by atoms with Crippen LogP contribution in [0.15, 0.2) is 57.7 Å². The SMILES string of the molecule is O=c1cc(N2CCOCC2)oc2c(-c3ccccc3Cl)cccc12. The highest BCUT2D eigenvalue weighted by Gasteiger charge is 2.17. The lowest BCUT2D eigenvalue weighted by Gasteiger charge is -2.27. The summed E-state index contributed by atoms with van der Waals surface area (Å²) >= 11 is 6.34. The molecule has 1 aromatic heterocycles.